The maximum Gasteiger partial charge on any atom is 0.431 e. The zero-order chi connectivity index (χ0) is 20.0. The van der Waals surface area contributed by atoms with Crippen molar-refractivity contribution in [1.82, 2.24) is 0 Å². The predicted molar refractivity (Wildman–Crippen MR) is 79.1 cm³/mol. The van der Waals surface area contributed by atoms with Crippen molar-refractivity contribution >= 4 is 22.6 Å². The van der Waals surface area contributed by atoms with Crippen molar-refractivity contribution < 1.29 is 49.6 Å². The van der Waals surface area contributed by atoms with Crippen LogP contribution < -0.4 is 0 Å². The molecule has 0 spiro atoms. The average molecular weight is 408 g/mol. The first-order valence-corrected chi connectivity index (χ1v) is 9.35. The molecular formula is C14H20F4O7S. The summed E-state index contributed by atoms with van der Waals surface area (Å²) in [5.41, 5.74) is 0. The van der Waals surface area contributed by atoms with Crippen molar-refractivity contribution in [3.05, 3.63) is 0 Å². The van der Waals surface area contributed by atoms with E-state index in [1.807, 2.05) is 0 Å². The predicted octanol–water partition coefficient (Wildman–Crippen LogP) is 2.55. The van der Waals surface area contributed by atoms with Gasteiger partial charge in [-0.1, -0.05) is 0 Å². The first kappa shape index (κ1) is 22.6. The van der Waals surface area contributed by atoms with Gasteiger partial charge in [-0.25, -0.2) is 0 Å². The summed E-state index contributed by atoms with van der Waals surface area (Å²) in [5.74, 6) is -5.90. The lowest BCUT2D eigenvalue weighted by molar-refractivity contribution is -0.165. The highest BCUT2D eigenvalue weighted by Crippen LogP contribution is 2.41. The minimum atomic E-state index is -6.24. The molecule has 0 aromatic rings. The average Bonchev–Trinajstić information content (AvgIpc) is 2.54. The van der Waals surface area contributed by atoms with E-state index in [0.29, 0.717) is 32.2 Å². The monoisotopic (exact) mass is 408 g/mol. The van der Waals surface area contributed by atoms with Crippen LogP contribution in [0.1, 0.15) is 44.9 Å². The Labute approximate surface area is 147 Å². The molecule has 0 aromatic carbocycles. The fraction of sp³-hybridized carbons (Fsp3) is 0.857. The van der Waals surface area contributed by atoms with Gasteiger partial charge in [-0.3, -0.25) is 14.1 Å². The van der Waals surface area contributed by atoms with Gasteiger partial charge in [0.1, 0.15) is 6.10 Å². The van der Waals surface area contributed by atoms with Gasteiger partial charge in [0.05, 0.1) is 12.5 Å². The van der Waals surface area contributed by atoms with Crippen molar-refractivity contribution in [3.8, 4) is 0 Å². The molecule has 152 valence electrons. The molecule has 7 nitrogen and oxygen atoms in total. The zero-order valence-electron chi connectivity index (χ0n) is 13.7. The maximum absolute atomic E-state index is 13.2. The molecule has 1 rings (SSSR count). The van der Waals surface area contributed by atoms with Crippen LogP contribution in [0.5, 0.6) is 0 Å². The highest BCUT2D eigenvalue weighted by atomic mass is 32.2. The summed E-state index contributed by atoms with van der Waals surface area (Å²) in [5, 5.41) is -5.58. The van der Waals surface area contributed by atoms with Gasteiger partial charge in [-0.15, -0.1) is 0 Å². The van der Waals surface area contributed by atoms with Gasteiger partial charge in [0.15, 0.2) is 0 Å². The Morgan fingerprint density at radius 3 is 2.19 bits per heavy atom. The SMILES string of the molecule is O=COC1CCC(C(=O)OCCCCC(F)(F)C(F)(F)S(=O)(=O)O)CC1. The third kappa shape index (κ3) is 5.79. The molecule has 0 heterocycles. The number of hydrogen-bond donors (Lipinski definition) is 1. The van der Waals surface area contributed by atoms with E-state index >= 15 is 0 Å². The lowest BCUT2D eigenvalue weighted by Gasteiger charge is -2.26. The van der Waals surface area contributed by atoms with Crippen LogP contribution in [0, 0.1) is 5.92 Å². The summed E-state index contributed by atoms with van der Waals surface area (Å²) < 4.78 is 91.0. The van der Waals surface area contributed by atoms with Crippen LogP contribution in [0.4, 0.5) is 17.6 Å². The molecule has 0 radical (unpaired) electrons. The van der Waals surface area contributed by atoms with E-state index in [2.05, 4.69) is 0 Å². The Morgan fingerprint density at radius 2 is 1.69 bits per heavy atom. The summed E-state index contributed by atoms with van der Waals surface area (Å²) in [6, 6.07) is 0. The van der Waals surface area contributed by atoms with Crippen LogP contribution >= 0.6 is 0 Å². The summed E-state index contributed by atoms with van der Waals surface area (Å²) in [6.07, 6.45) is -0.580. The van der Waals surface area contributed by atoms with Crippen molar-refractivity contribution in [2.45, 2.75) is 62.2 Å². The Balaban J connectivity index is 2.30. The van der Waals surface area contributed by atoms with E-state index in [9.17, 15) is 35.6 Å². The number of ether oxygens (including phenoxy) is 2. The molecule has 1 aliphatic rings. The number of rotatable bonds is 10. The second-order valence-electron chi connectivity index (χ2n) is 6.03. The minimum absolute atomic E-state index is 0.174. The van der Waals surface area contributed by atoms with E-state index < -0.39 is 46.0 Å². The van der Waals surface area contributed by atoms with Crippen molar-refractivity contribution in [3.63, 3.8) is 0 Å². The molecule has 0 saturated heterocycles. The van der Waals surface area contributed by atoms with Gasteiger partial charge >= 0.3 is 27.3 Å². The Hall–Kier alpha value is -1.43. The number of halogens is 4. The first-order valence-electron chi connectivity index (χ1n) is 7.91. The number of esters is 1. The maximum atomic E-state index is 13.2. The van der Waals surface area contributed by atoms with E-state index in [4.69, 9.17) is 14.0 Å². The third-order valence-electron chi connectivity index (χ3n) is 4.13. The second-order valence-corrected chi connectivity index (χ2v) is 7.49. The standard InChI is InChI=1S/C14H20F4O7S/c15-13(16,14(17,18)26(21,22)23)7-1-2-8-24-12(20)10-3-5-11(6-4-10)25-9-19/h9-11H,1-8H2,(H,21,22,23). The topological polar surface area (TPSA) is 107 Å². The van der Waals surface area contributed by atoms with Gasteiger partial charge in [0.25, 0.3) is 6.47 Å². The number of unbranched alkanes of at least 4 members (excludes halogenated alkanes) is 1. The summed E-state index contributed by atoms with van der Waals surface area (Å²) >= 11 is 0. The molecule has 26 heavy (non-hydrogen) atoms. The normalized spacial score (nSPS) is 21.9. The second kappa shape index (κ2) is 8.98. The van der Waals surface area contributed by atoms with Gasteiger partial charge in [0.2, 0.25) is 0 Å². The molecule has 12 heteroatoms. The zero-order valence-corrected chi connectivity index (χ0v) is 14.5. The Kier molecular flexibility index (Phi) is 7.81. The molecule has 1 saturated carbocycles. The van der Waals surface area contributed by atoms with Crippen LogP contribution in [0.25, 0.3) is 0 Å². The molecular weight excluding hydrogens is 388 g/mol. The van der Waals surface area contributed by atoms with Gasteiger partial charge in [-0.2, -0.15) is 26.0 Å². The highest BCUT2D eigenvalue weighted by molar-refractivity contribution is 7.87. The molecule has 0 unspecified atom stereocenters. The van der Waals surface area contributed by atoms with E-state index in [1.165, 1.54) is 0 Å². The van der Waals surface area contributed by atoms with Crippen molar-refractivity contribution in [1.29, 1.82) is 0 Å². The van der Waals surface area contributed by atoms with Crippen molar-refractivity contribution in [2.24, 2.45) is 5.92 Å². The van der Waals surface area contributed by atoms with Gasteiger partial charge in [0, 0.05) is 6.42 Å². The quantitative estimate of drug-likeness (QED) is 0.195. The fourth-order valence-corrected chi connectivity index (χ4v) is 3.07. The van der Waals surface area contributed by atoms with Crippen LogP contribution in [-0.4, -0.2) is 49.3 Å². The van der Waals surface area contributed by atoms with Gasteiger partial charge in [-0.05, 0) is 38.5 Å². The fourth-order valence-electron chi connectivity index (χ4n) is 2.59. The molecule has 1 fully saturated rings. The summed E-state index contributed by atoms with van der Waals surface area (Å²) in [6.45, 7) is 0.0573. The molecule has 0 aliphatic heterocycles. The van der Waals surface area contributed by atoms with Gasteiger partial charge < -0.3 is 9.47 Å². The molecule has 0 bridgehead atoms. The molecule has 1 N–H and O–H groups in total. The summed E-state index contributed by atoms with van der Waals surface area (Å²) in [7, 11) is -6.24. The van der Waals surface area contributed by atoms with Crippen LogP contribution in [0.2, 0.25) is 0 Å². The first-order chi connectivity index (χ1) is 11.9. The van der Waals surface area contributed by atoms with Crippen LogP contribution in [-0.2, 0) is 29.2 Å². The van der Waals surface area contributed by atoms with E-state index in [1.54, 1.807) is 0 Å². The highest BCUT2D eigenvalue weighted by Gasteiger charge is 2.64. The lowest BCUT2D eigenvalue weighted by Crippen LogP contribution is -2.46. The number of hydrogen-bond acceptors (Lipinski definition) is 6. The number of carbonyl (C=O) groups is 2. The minimum Gasteiger partial charge on any atom is -0.465 e. The third-order valence-corrected chi connectivity index (χ3v) is 5.08. The Morgan fingerprint density at radius 1 is 1.12 bits per heavy atom. The largest absolute Gasteiger partial charge is 0.465 e. The Bertz CT molecular complexity index is 586. The number of carbonyl (C=O) groups excluding carboxylic acids is 2. The van der Waals surface area contributed by atoms with Crippen molar-refractivity contribution in [2.75, 3.05) is 6.61 Å². The van der Waals surface area contributed by atoms with E-state index in [-0.39, 0.29) is 19.1 Å². The number of alkyl halides is 4. The molecule has 0 amide bonds. The summed E-state index contributed by atoms with van der Waals surface area (Å²) in [4.78, 5) is 22.0. The lowest BCUT2D eigenvalue weighted by atomic mass is 9.87. The molecule has 0 atom stereocenters. The molecule has 0 aromatic heterocycles. The van der Waals surface area contributed by atoms with E-state index in [0.717, 1.165) is 0 Å². The molecule has 1 aliphatic carbocycles. The smallest absolute Gasteiger partial charge is 0.431 e. The van der Waals surface area contributed by atoms with Crippen LogP contribution in [0.15, 0.2) is 0 Å². The van der Waals surface area contributed by atoms with Crippen LogP contribution in [0.3, 0.4) is 0 Å².